The summed E-state index contributed by atoms with van der Waals surface area (Å²) in [6.07, 6.45) is -4.60. The monoisotopic (exact) mass is 455 g/mol. The zero-order chi connectivity index (χ0) is 21.0. The number of thioether (sulfide) groups is 1. The summed E-state index contributed by atoms with van der Waals surface area (Å²) < 4.78 is 38.8. The summed E-state index contributed by atoms with van der Waals surface area (Å²) in [5.41, 5.74) is 0.377. The highest BCUT2D eigenvalue weighted by Gasteiger charge is 2.33. The van der Waals surface area contributed by atoms with Gasteiger partial charge in [-0.05, 0) is 60.2 Å². The molecule has 29 heavy (non-hydrogen) atoms. The molecule has 0 heterocycles. The van der Waals surface area contributed by atoms with E-state index in [0.717, 1.165) is 22.6 Å². The largest absolute Gasteiger partial charge is 0.417 e. The maximum atomic E-state index is 12.9. The minimum Gasteiger partial charge on any atom is -0.322 e. The highest BCUT2D eigenvalue weighted by atomic mass is 35.5. The number of anilines is 1. The Kier molecular flexibility index (Phi) is 6.77. The summed E-state index contributed by atoms with van der Waals surface area (Å²) in [6, 6.07) is 17.6. The quantitative estimate of drug-likeness (QED) is 0.402. The standard InChI is InChI=1S/C21H14Cl2F3NOS/c22-15-5-8-17(9-6-15)29-12-13-1-3-14(4-2-13)20(28)27-16-7-10-19(23)18(11-16)21(24,25)26/h1-11H,12H2,(H,27,28). The lowest BCUT2D eigenvalue weighted by Gasteiger charge is -2.12. The minimum atomic E-state index is -4.60. The molecule has 0 unspecified atom stereocenters. The van der Waals surface area contributed by atoms with Crippen LogP contribution in [-0.4, -0.2) is 5.91 Å². The molecular weight excluding hydrogens is 442 g/mol. The Morgan fingerprint density at radius 1 is 0.931 bits per heavy atom. The number of alkyl halides is 3. The fourth-order valence-corrected chi connectivity index (χ4v) is 3.68. The van der Waals surface area contributed by atoms with Gasteiger partial charge in [0, 0.05) is 26.9 Å². The maximum absolute atomic E-state index is 12.9. The molecule has 0 atom stereocenters. The lowest BCUT2D eigenvalue weighted by molar-refractivity contribution is -0.137. The molecule has 3 aromatic carbocycles. The van der Waals surface area contributed by atoms with Gasteiger partial charge in [0.2, 0.25) is 0 Å². The Morgan fingerprint density at radius 2 is 1.59 bits per heavy atom. The first-order valence-corrected chi connectivity index (χ1v) is 10.1. The molecule has 0 saturated carbocycles. The predicted molar refractivity (Wildman–Crippen MR) is 112 cm³/mol. The molecule has 0 aliphatic carbocycles. The number of benzene rings is 3. The zero-order valence-corrected chi connectivity index (χ0v) is 17.1. The van der Waals surface area contributed by atoms with E-state index in [1.165, 1.54) is 6.07 Å². The normalized spacial score (nSPS) is 11.3. The molecule has 3 aromatic rings. The Morgan fingerprint density at radius 3 is 2.21 bits per heavy atom. The van der Waals surface area contributed by atoms with Crippen molar-refractivity contribution in [3.05, 3.63) is 93.5 Å². The molecule has 0 bridgehead atoms. The fraction of sp³-hybridized carbons (Fsp3) is 0.0952. The van der Waals surface area contributed by atoms with Gasteiger partial charge >= 0.3 is 6.18 Å². The van der Waals surface area contributed by atoms with Crippen molar-refractivity contribution in [1.82, 2.24) is 0 Å². The van der Waals surface area contributed by atoms with E-state index < -0.39 is 22.7 Å². The summed E-state index contributed by atoms with van der Waals surface area (Å²) in [5, 5.41) is 2.72. The third kappa shape index (κ3) is 5.92. The molecule has 8 heteroatoms. The second-order valence-electron chi connectivity index (χ2n) is 6.09. The van der Waals surface area contributed by atoms with E-state index in [9.17, 15) is 18.0 Å². The number of nitrogens with one attached hydrogen (secondary N) is 1. The van der Waals surface area contributed by atoms with Gasteiger partial charge in [0.1, 0.15) is 0 Å². The second kappa shape index (κ2) is 9.11. The van der Waals surface area contributed by atoms with Gasteiger partial charge in [-0.1, -0.05) is 35.3 Å². The van der Waals surface area contributed by atoms with Crippen molar-refractivity contribution in [2.24, 2.45) is 0 Å². The first-order valence-electron chi connectivity index (χ1n) is 8.38. The molecule has 0 saturated heterocycles. The Balaban J connectivity index is 1.64. The summed E-state index contributed by atoms with van der Waals surface area (Å²) in [6.45, 7) is 0. The molecule has 2 nitrogen and oxygen atoms in total. The second-order valence-corrected chi connectivity index (χ2v) is 7.98. The molecule has 3 rings (SSSR count). The van der Waals surface area contributed by atoms with Crippen molar-refractivity contribution < 1.29 is 18.0 Å². The Hall–Kier alpha value is -2.15. The molecule has 0 spiro atoms. The summed E-state index contributed by atoms with van der Waals surface area (Å²) in [4.78, 5) is 13.4. The van der Waals surface area contributed by atoms with Crippen LogP contribution in [0.1, 0.15) is 21.5 Å². The summed E-state index contributed by atoms with van der Waals surface area (Å²) >= 11 is 13.1. The molecule has 0 aromatic heterocycles. The predicted octanol–water partition coefficient (Wildman–Crippen LogP) is 7.56. The molecular formula is C21H14Cl2F3NOS. The van der Waals surface area contributed by atoms with Crippen LogP contribution < -0.4 is 5.32 Å². The van der Waals surface area contributed by atoms with Crippen molar-refractivity contribution in [2.75, 3.05) is 5.32 Å². The van der Waals surface area contributed by atoms with Crippen molar-refractivity contribution in [3.63, 3.8) is 0 Å². The van der Waals surface area contributed by atoms with Crippen LogP contribution in [0, 0.1) is 0 Å². The van der Waals surface area contributed by atoms with Crippen molar-refractivity contribution in [2.45, 2.75) is 16.8 Å². The highest BCUT2D eigenvalue weighted by Crippen LogP contribution is 2.36. The third-order valence-electron chi connectivity index (χ3n) is 3.96. The van der Waals surface area contributed by atoms with E-state index in [1.54, 1.807) is 36.0 Å². The average Bonchev–Trinajstić information content (AvgIpc) is 2.68. The van der Waals surface area contributed by atoms with Gasteiger partial charge in [0.25, 0.3) is 5.91 Å². The van der Waals surface area contributed by atoms with E-state index in [1.807, 2.05) is 24.3 Å². The van der Waals surface area contributed by atoms with Gasteiger partial charge in [-0.3, -0.25) is 4.79 Å². The number of hydrogen-bond donors (Lipinski definition) is 1. The molecule has 0 radical (unpaired) electrons. The summed E-state index contributed by atoms with van der Waals surface area (Å²) in [5.74, 6) is 0.202. The number of rotatable bonds is 5. The van der Waals surface area contributed by atoms with Crippen LogP contribution in [-0.2, 0) is 11.9 Å². The number of amides is 1. The Labute approximate surface area is 180 Å². The molecule has 150 valence electrons. The maximum Gasteiger partial charge on any atom is 0.417 e. The molecule has 1 amide bonds. The zero-order valence-electron chi connectivity index (χ0n) is 14.8. The SMILES string of the molecule is O=C(Nc1ccc(Cl)c(C(F)(F)F)c1)c1ccc(CSc2ccc(Cl)cc2)cc1. The number of carbonyl (C=O) groups is 1. The summed E-state index contributed by atoms with van der Waals surface area (Å²) in [7, 11) is 0. The van der Waals surface area contributed by atoms with Crippen LogP contribution in [0.15, 0.2) is 71.6 Å². The topological polar surface area (TPSA) is 29.1 Å². The van der Waals surface area contributed by atoms with Crippen molar-refractivity contribution in [1.29, 1.82) is 0 Å². The van der Waals surface area contributed by atoms with Crippen molar-refractivity contribution in [3.8, 4) is 0 Å². The van der Waals surface area contributed by atoms with E-state index in [-0.39, 0.29) is 5.69 Å². The number of hydrogen-bond acceptors (Lipinski definition) is 2. The molecule has 0 aliphatic heterocycles. The lowest BCUT2D eigenvalue weighted by atomic mass is 10.1. The lowest BCUT2D eigenvalue weighted by Crippen LogP contribution is -2.13. The van der Waals surface area contributed by atoms with Crippen LogP contribution in [0.3, 0.4) is 0 Å². The van der Waals surface area contributed by atoms with Crippen LogP contribution in [0.5, 0.6) is 0 Å². The van der Waals surface area contributed by atoms with Crippen LogP contribution in [0.2, 0.25) is 10.0 Å². The Bertz CT molecular complexity index is 1010. The molecule has 0 fully saturated rings. The van der Waals surface area contributed by atoms with E-state index in [4.69, 9.17) is 23.2 Å². The fourth-order valence-electron chi connectivity index (χ4n) is 2.47. The van der Waals surface area contributed by atoms with Gasteiger partial charge in [-0.15, -0.1) is 11.8 Å². The first-order chi connectivity index (χ1) is 13.7. The van der Waals surface area contributed by atoms with Crippen LogP contribution in [0.25, 0.3) is 0 Å². The van der Waals surface area contributed by atoms with Gasteiger partial charge in [0.05, 0.1) is 10.6 Å². The van der Waals surface area contributed by atoms with E-state index in [2.05, 4.69) is 5.32 Å². The smallest absolute Gasteiger partial charge is 0.322 e. The van der Waals surface area contributed by atoms with Crippen LogP contribution >= 0.6 is 35.0 Å². The number of halogens is 5. The highest BCUT2D eigenvalue weighted by molar-refractivity contribution is 7.98. The minimum absolute atomic E-state index is 0.0223. The van der Waals surface area contributed by atoms with Crippen molar-refractivity contribution >= 4 is 46.6 Å². The average molecular weight is 456 g/mol. The third-order valence-corrected chi connectivity index (χ3v) is 5.63. The van der Waals surface area contributed by atoms with Gasteiger partial charge < -0.3 is 5.32 Å². The first kappa shape index (κ1) is 21.6. The van der Waals surface area contributed by atoms with Gasteiger partial charge in [-0.25, -0.2) is 0 Å². The van der Waals surface area contributed by atoms with Gasteiger partial charge in [-0.2, -0.15) is 13.2 Å². The molecule has 1 N–H and O–H groups in total. The number of carbonyl (C=O) groups excluding carboxylic acids is 1. The van der Waals surface area contributed by atoms with Crippen LogP contribution in [0.4, 0.5) is 18.9 Å². The van der Waals surface area contributed by atoms with Gasteiger partial charge in [0.15, 0.2) is 0 Å². The molecule has 0 aliphatic rings. The van der Waals surface area contributed by atoms with E-state index in [0.29, 0.717) is 16.3 Å². The van der Waals surface area contributed by atoms with E-state index >= 15 is 0 Å².